The van der Waals surface area contributed by atoms with Crippen molar-refractivity contribution in [2.24, 2.45) is 5.92 Å². The summed E-state index contributed by atoms with van der Waals surface area (Å²) in [4.78, 5) is 31.6. The smallest absolute Gasteiger partial charge is 0.341 e. The molecular weight excluding hydrogens is 404 g/mol. The van der Waals surface area contributed by atoms with Crippen LogP contribution in [-0.2, 0) is 17.8 Å². The molecule has 2 aromatic heterocycles. The average molecular weight is 431 g/mol. The standard InChI is InChI=1S/C24H26N6O2/c1-17-6-2-4-8-20(17)30-22(26-27-24(30)32)14-18-10-12-28(13-11-18)23(31)15-29-16-25-19-7-3-5-9-21(19)29/h2-9,16,18H,10-15H2,1H3,(H,27,32). The molecule has 8 nitrogen and oxygen atoms in total. The van der Waals surface area contributed by atoms with Crippen LogP contribution in [0.1, 0.15) is 24.2 Å². The fourth-order valence-electron chi connectivity index (χ4n) is 4.56. The van der Waals surface area contributed by atoms with E-state index in [9.17, 15) is 9.59 Å². The minimum absolute atomic E-state index is 0.114. The number of nitrogens with zero attached hydrogens (tertiary/aromatic N) is 5. The third-order valence-corrected chi connectivity index (χ3v) is 6.37. The molecule has 0 spiro atoms. The van der Waals surface area contributed by atoms with Crippen molar-refractivity contribution in [3.63, 3.8) is 0 Å². The first-order valence-electron chi connectivity index (χ1n) is 11.0. The molecule has 3 heterocycles. The number of amides is 1. The van der Waals surface area contributed by atoms with Gasteiger partial charge in [-0.25, -0.2) is 19.4 Å². The Balaban J connectivity index is 1.23. The van der Waals surface area contributed by atoms with Crippen LogP contribution in [0.4, 0.5) is 0 Å². The molecule has 8 heteroatoms. The zero-order valence-corrected chi connectivity index (χ0v) is 18.1. The number of H-pyrrole nitrogens is 1. The topological polar surface area (TPSA) is 88.8 Å². The van der Waals surface area contributed by atoms with Crippen LogP contribution in [0.2, 0.25) is 0 Å². The van der Waals surface area contributed by atoms with Crippen molar-refractivity contribution < 1.29 is 4.79 Å². The molecule has 1 saturated heterocycles. The maximum Gasteiger partial charge on any atom is 0.347 e. The van der Waals surface area contributed by atoms with Gasteiger partial charge in [0, 0.05) is 19.5 Å². The first-order valence-corrected chi connectivity index (χ1v) is 11.0. The number of piperidine rings is 1. The number of aromatic nitrogens is 5. The highest BCUT2D eigenvalue weighted by atomic mass is 16.2. The molecule has 4 aromatic rings. The Bertz CT molecular complexity index is 1310. The number of rotatable bonds is 5. The van der Waals surface area contributed by atoms with Crippen LogP contribution in [0.5, 0.6) is 0 Å². The first-order chi connectivity index (χ1) is 15.6. The van der Waals surface area contributed by atoms with Crippen LogP contribution in [-0.4, -0.2) is 48.2 Å². The lowest BCUT2D eigenvalue weighted by molar-refractivity contribution is -0.133. The average Bonchev–Trinajstić information content (AvgIpc) is 3.38. The van der Waals surface area contributed by atoms with Crippen molar-refractivity contribution in [2.45, 2.75) is 32.7 Å². The monoisotopic (exact) mass is 430 g/mol. The van der Waals surface area contributed by atoms with Crippen molar-refractivity contribution in [1.82, 2.24) is 29.2 Å². The van der Waals surface area contributed by atoms with E-state index in [2.05, 4.69) is 15.2 Å². The fourth-order valence-corrected chi connectivity index (χ4v) is 4.56. The molecule has 1 fully saturated rings. The lowest BCUT2D eigenvalue weighted by Crippen LogP contribution is -2.40. The Morgan fingerprint density at radius 2 is 1.84 bits per heavy atom. The van der Waals surface area contributed by atoms with Gasteiger partial charge in [-0.15, -0.1) is 0 Å². The molecule has 164 valence electrons. The zero-order valence-electron chi connectivity index (χ0n) is 18.1. The van der Waals surface area contributed by atoms with E-state index >= 15 is 0 Å². The van der Waals surface area contributed by atoms with E-state index in [1.807, 2.05) is 64.9 Å². The van der Waals surface area contributed by atoms with Crippen LogP contribution in [0, 0.1) is 12.8 Å². The summed E-state index contributed by atoms with van der Waals surface area (Å²) < 4.78 is 3.59. The lowest BCUT2D eigenvalue weighted by Gasteiger charge is -2.32. The summed E-state index contributed by atoms with van der Waals surface area (Å²) in [5.41, 5.74) is 3.56. The highest BCUT2D eigenvalue weighted by Crippen LogP contribution is 2.23. The van der Waals surface area contributed by atoms with E-state index in [1.165, 1.54) is 0 Å². The van der Waals surface area contributed by atoms with Crippen molar-refractivity contribution in [3.8, 4) is 5.69 Å². The number of aryl methyl sites for hydroxylation is 1. The maximum absolute atomic E-state index is 12.9. The highest BCUT2D eigenvalue weighted by Gasteiger charge is 2.25. The first kappa shape index (κ1) is 20.2. The Kier molecular flexibility index (Phi) is 5.34. The number of fused-ring (bicyclic) bond motifs is 1. The predicted molar refractivity (Wildman–Crippen MR) is 122 cm³/mol. The van der Waals surface area contributed by atoms with Crippen LogP contribution < -0.4 is 5.69 Å². The number of nitrogens with one attached hydrogen (secondary N) is 1. The summed E-state index contributed by atoms with van der Waals surface area (Å²) >= 11 is 0. The van der Waals surface area contributed by atoms with E-state index in [0.717, 1.165) is 54.0 Å². The van der Waals surface area contributed by atoms with Gasteiger partial charge in [0.25, 0.3) is 0 Å². The normalized spacial score (nSPS) is 14.8. The third-order valence-electron chi connectivity index (χ3n) is 6.37. The quantitative estimate of drug-likeness (QED) is 0.527. The summed E-state index contributed by atoms with van der Waals surface area (Å²) in [6.07, 6.45) is 4.23. The molecule has 1 amide bonds. The molecule has 2 aromatic carbocycles. The Labute approximate surface area is 185 Å². The largest absolute Gasteiger partial charge is 0.347 e. The number of imidazole rings is 1. The van der Waals surface area contributed by atoms with E-state index in [-0.39, 0.29) is 11.6 Å². The Morgan fingerprint density at radius 3 is 2.66 bits per heavy atom. The fraction of sp³-hybridized carbons (Fsp3) is 0.333. The molecule has 1 N–H and O–H groups in total. The van der Waals surface area contributed by atoms with Gasteiger partial charge >= 0.3 is 5.69 Å². The molecule has 0 radical (unpaired) electrons. The van der Waals surface area contributed by atoms with Gasteiger partial charge in [0.1, 0.15) is 12.4 Å². The van der Waals surface area contributed by atoms with Crippen molar-refractivity contribution in [3.05, 3.63) is 76.7 Å². The number of hydrogen-bond acceptors (Lipinski definition) is 4. The number of para-hydroxylation sites is 3. The van der Waals surface area contributed by atoms with Crippen molar-refractivity contribution >= 4 is 16.9 Å². The van der Waals surface area contributed by atoms with Gasteiger partial charge in [-0.05, 0) is 49.4 Å². The van der Waals surface area contributed by atoms with Crippen molar-refractivity contribution in [2.75, 3.05) is 13.1 Å². The number of likely N-dealkylation sites (tertiary alicyclic amines) is 1. The van der Waals surface area contributed by atoms with Gasteiger partial charge in [-0.1, -0.05) is 30.3 Å². The number of carbonyl (C=O) groups excluding carboxylic acids is 1. The molecule has 0 aliphatic carbocycles. The molecule has 0 bridgehead atoms. The molecule has 0 unspecified atom stereocenters. The number of aromatic amines is 1. The second-order valence-corrected chi connectivity index (χ2v) is 8.46. The molecule has 32 heavy (non-hydrogen) atoms. The summed E-state index contributed by atoms with van der Waals surface area (Å²) in [5.74, 6) is 1.24. The van der Waals surface area contributed by atoms with Crippen LogP contribution in [0.3, 0.4) is 0 Å². The summed E-state index contributed by atoms with van der Waals surface area (Å²) in [5, 5.41) is 6.90. The molecular formula is C24H26N6O2. The number of carbonyl (C=O) groups is 1. The van der Waals surface area contributed by atoms with Crippen molar-refractivity contribution in [1.29, 1.82) is 0 Å². The summed E-state index contributed by atoms with van der Waals surface area (Å²) in [6.45, 7) is 3.73. The van der Waals surface area contributed by atoms with Gasteiger partial charge in [0.05, 0.1) is 23.0 Å². The molecule has 0 atom stereocenters. The second-order valence-electron chi connectivity index (χ2n) is 8.46. The Hall–Kier alpha value is -3.68. The lowest BCUT2D eigenvalue weighted by atomic mass is 9.93. The zero-order chi connectivity index (χ0) is 22.1. The molecule has 1 aliphatic heterocycles. The Morgan fingerprint density at radius 1 is 1.09 bits per heavy atom. The SMILES string of the molecule is Cc1ccccc1-n1c(CC2CCN(C(=O)Cn3cnc4ccccc43)CC2)n[nH]c1=O. The molecule has 1 aliphatic rings. The van der Waals surface area contributed by atoms with Gasteiger partial charge in [-0.2, -0.15) is 5.10 Å². The summed E-state index contributed by atoms with van der Waals surface area (Å²) in [7, 11) is 0. The van der Waals surface area contributed by atoms with Crippen LogP contribution in [0.15, 0.2) is 59.7 Å². The summed E-state index contributed by atoms with van der Waals surface area (Å²) in [6, 6.07) is 15.7. The highest BCUT2D eigenvalue weighted by molar-refractivity contribution is 5.80. The van der Waals surface area contributed by atoms with E-state index < -0.39 is 0 Å². The van der Waals surface area contributed by atoms with Gasteiger partial charge in [0.2, 0.25) is 5.91 Å². The predicted octanol–water partition coefficient (Wildman–Crippen LogP) is 2.70. The van der Waals surface area contributed by atoms with Crippen LogP contribution in [0.25, 0.3) is 16.7 Å². The van der Waals surface area contributed by atoms with E-state index in [0.29, 0.717) is 18.9 Å². The van der Waals surface area contributed by atoms with Gasteiger partial charge in [-0.3, -0.25) is 4.79 Å². The molecule has 0 saturated carbocycles. The maximum atomic E-state index is 12.9. The minimum atomic E-state index is -0.213. The number of hydrogen-bond donors (Lipinski definition) is 1. The number of benzene rings is 2. The third kappa shape index (κ3) is 3.84. The van der Waals surface area contributed by atoms with Gasteiger partial charge < -0.3 is 9.47 Å². The van der Waals surface area contributed by atoms with Gasteiger partial charge in [0.15, 0.2) is 0 Å². The van der Waals surface area contributed by atoms with Crippen LogP contribution >= 0.6 is 0 Å². The molecule has 5 rings (SSSR count). The van der Waals surface area contributed by atoms with E-state index in [4.69, 9.17) is 0 Å². The second kappa shape index (κ2) is 8.45. The van der Waals surface area contributed by atoms with E-state index in [1.54, 1.807) is 10.9 Å². The minimum Gasteiger partial charge on any atom is -0.341 e.